The predicted molar refractivity (Wildman–Crippen MR) is 136 cm³/mol. The van der Waals surface area contributed by atoms with Crippen molar-refractivity contribution in [2.75, 3.05) is 28.6 Å². The van der Waals surface area contributed by atoms with E-state index in [-0.39, 0.29) is 27.1 Å². The number of anilines is 3. The van der Waals surface area contributed by atoms with Gasteiger partial charge >= 0.3 is 0 Å². The molecule has 1 aromatic heterocycles. The van der Waals surface area contributed by atoms with E-state index in [4.69, 9.17) is 28.2 Å². The van der Waals surface area contributed by atoms with Crippen molar-refractivity contribution in [3.63, 3.8) is 0 Å². The van der Waals surface area contributed by atoms with Crippen LogP contribution in [0.1, 0.15) is 33.8 Å². The van der Waals surface area contributed by atoms with Gasteiger partial charge in [-0.3, -0.25) is 25.0 Å². The first-order valence-electron chi connectivity index (χ1n) is 10.6. The fourth-order valence-corrected chi connectivity index (χ4v) is 4.10. The Morgan fingerprint density at radius 3 is 2.49 bits per heavy atom. The molecule has 4 rings (SSSR count). The third kappa shape index (κ3) is 5.76. The number of nitrogens with one attached hydrogen (secondary N) is 3. The van der Waals surface area contributed by atoms with Crippen molar-refractivity contribution in [2.45, 2.75) is 12.8 Å². The molecule has 0 atom stereocenters. The highest BCUT2D eigenvalue weighted by atomic mass is 35.5. The molecule has 0 saturated carbocycles. The predicted octanol–water partition coefficient (Wildman–Crippen LogP) is 4.82. The Balaban J connectivity index is 1.39. The number of benzene rings is 2. The van der Waals surface area contributed by atoms with Crippen LogP contribution in [-0.4, -0.2) is 34.9 Å². The molecule has 1 aliphatic heterocycles. The Morgan fingerprint density at radius 1 is 1.06 bits per heavy atom. The van der Waals surface area contributed by atoms with Gasteiger partial charge in [0.15, 0.2) is 10.9 Å². The number of halogens is 1. The summed E-state index contributed by atoms with van der Waals surface area (Å²) in [6, 6.07) is 12.2. The number of carbonyl (C=O) groups is 2. The lowest BCUT2D eigenvalue weighted by Crippen LogP contribution is -2.34. The zero-order valence-corrected chi connectivity index (χ0v) is 19.8. The second-order valence-corrected chi connectivity index (χ2v) is 8.50. The minimum absolute atomic E-state index is 0.0234. The molecule has 2 amide bonds. The Hall–Kier alpha value is -3.96. The summed E-state index contributed by atoms with van der Waals surface area (Å²) in [5.41, 5.74) is 1.31. The van der Waals surface area contributed by atoms with E-state index in [0.717, 1.165) is 25.9 Å². The van der Waals surface area contributed by atoms with E-state index in [1.165, 1.54) is 30.5 Å². The first kappa shape index (κ1) is 24.2. The molecule has 1 fully saturated rings. The van der Waals surface area contributed by atoms with E-state index in [1.807, 2.05) is 4.90 Å². The smallest absolute Gasteiger partial charge is 0.293 e. The zero-order chi connectivity index (χ0) is 24.9. The number of nitrogens with zero attached hydrogens (tertiary/aromatic N) is 2. The van der Waals surface area contributed by atoms with Crippen LogP contribution in [0.4, 0.5) is 22.7 Å². The van der Waals surface area contributed by atoms with Crippen LogP contribution < -0.4 is 20.9 Å². The number of thiocarbonyl (C=S) groups is 1. The Morgan fingerprint density at radius 2 is 1.83 bits per heavy atom. The second-order valence-electron chi connectivity index (χ2n) is 7.69. The first-order valence-corrected chi connectivity index (χ1v) is 11.4. The van der Waals surface area contributed by atoms with Gasteiger partial charge in [0.25, 0.3) is 17.5 Å². The molecule has 180 valence electrons. The largest absolute Gasteiger partial charge is 0.459 e. The molecule has 0 radical (unpaired) electrons. The van der Waals surface area contributed by atoms with Gasteiger partial charge in [-0.15, -0.1) is 0 Å². The third-order valence-corrected chi connectivity index (χ3v) is 5.85. The van der Waals surface area contributed by atoms with Gasteiger partial charge in [0.05, 0.1) is 21.9 Å². The molecule has 0 spiro atoms. The summed E-state index contributed by atoms with van der Waals surface area (Å²) >= 11 is 11.5. The van der Waals surface area contributed by atoms with E-state index >= 15 is 0 Å². The van der Waals surface area contributed by atoms with Crippen molar-refractivity contribution < 1.29 is 18.9 Å². The topological polar surface area (TPSA) is 130 Å². The molecule has 0 unspecified atom stereocenters. The Bertz CT molecular complexity index is 1290. The molecule has 1 saturated heterocycles. The van der Waals surface area contributed by atoms with Gasteiger partial charge in [0.2, 0.25) is 0 Å². The van der Waals surface area contributed by atoms with Crippen LogP contribution >= 0.6 is 23.8 Å². The normalized spacial score (nSPS) is 12.8. The molecular weight excluding hydrogens is 494 g/mol. The number of nitro groups is 1. The molecule has 2 aromatic carbocycles. The summed E-state index contributed by atoms with van der Waals surface area (Å²) in [5, 5.41) is 19.7. The standard InChI is InChI=1S/C23H20ClN5O5S/c24-16-13-15(6-7-17(16)26-22(31)20-4-3-11-34-20)25-23(35)27-21(30)14-5-8-18(19(12-14)29(32)33)28-9-1-2-10-28/h3-8,11-13H,1-2,9-10H2,(H,26,31)(H2,25,27,30,35). The highest BCUT2D eigenvalue weighted by Crippen LogP contribution is 2.31. The molecule has 1 aliphatic rings. The molecule has 12 heteroatoms. The molecular formula is C23H20ClN5O5S. The molecule has 10 nitrogen and oxygen atoms in total. The van der Waals surface area contributed by atoms with Gasteiger partial charge in [0.1, 0.15) is 5.69 Å². The van der Waals surface area contributed by atoms with Gasteiger partial charge in [-0.2, -0.15) is 0 Å². The lowest BCUT2D eigenvalue weighted by atomic mass is 10.1. The van der Waals surface area contributed by atoms with Crippen LogP contribution in [0.2, 0.25) is 5.02 Å². The average molecular weight is 514 g/mol. The van der Waals surface area contributed by atoms with Crippen molar-refractivity contribution in [1.82, 2.24) is 5.32 Å². The third-order valence-electron chi connectivity index (χ3n) is 5.33. The van der Waals surface area contributed by atoms with Gasteiger partial charge < -0.3 is 20.0 Å². The van der Waals surface area contributed by atoms with Gasteiger partial charge in [-0.1, -0.05) is 11.6 Å². The van der Waals surface area contributed by atoms with E-state index < -0.39 is 16.7 Å². The quantitative estimate of drug-likeness (QED) is 0.243. The fourth-order valence-electron chi connectivity index (χ4n) is 3.66. The summed E-state index contributed by atoms with van der Waals surface area (Å²) < 4.78 is 5.05. The zero-order valence-electron chi connectivity index (χ0n) is 18.2. The summed E-state index contributed by atoms with van der Waals surface area (Å²) in [7, 11) is 0. The van der Waals surface area contributed by atoms with Gasteiger partial charge in [0, 0.05) is 30.4 Å². The van der Waals surface area contributed by atoms with Crippen LogP contribution in [-0.2, 0) is 0 Å². The maximum Gasteiger partial charge on any atom is 0.293 e. The highest BCUT2D eigenvalue weighted by molar-refractivity contribution is 7.80. The SMILES string of the molecule is O=C(NC(=S)Nc1ccc(NC(=O)c2ccco2)c(Cl)c1)c1ccc(N2CCCC2)c([N+](=O)[O-])c1. The molecule has 3 aromatic rings. The van der Waals surface area contributed by atoms with E-state index in [1.54, 1.807) is 24.3 Å². The highest BCUT2D eigenvalue weighted by Gasteiger charge is 2.24. The van der Waals surface area contributed by atoms with E-state index in [9.17, 15) is 19.7 Å². The summed E-state index contributed by atoms with van der Waals surface area (Å²) in [4.78, 5) is 37.8. The van der Waals surface area contributed by atoms with E-state index in [2.05, 4.69) is 16.0 Å². The lowest BCUT2D eigenvalue weighted by Gasteiger charge is -2.18. The van der Waals surface area contributed by atoms with Crippen molar-refractivity contribution in [1.29, 1.82) is 0 Å². The number of nitro benzene ring substituents is 1. The summed E-state index contributed by atoms with van der Waals surface area (Å²) in [6.45, 7) is 1.49. The molecule has 0 aliphatic carbocycles. The number of amides is 2. The molecule has 0 bridgehead atoms. The Kier molecular flexibility index (Phi) is 7.28. The van der Waals surface area contributed by atoms with E-state index in [0.29, 0.717) is 17.1 Å². The monoisotopic (exact) mass is 513 g/mol. The minimum atomic E-state index is -0.591. The molecule has 2 heterocycles. The average Bonchev–Trinajstić information content (AvgIpc) is 3.55. The molecule has 3 N–H and O–H groups in total. The lowest BCUT2D eigenvalue weighted by molar-refractivity contribution is -0.384. The van der Waals surface area contributed by atoms with Crippen LogP contribution in [0.5, 0.6) is 0 Å². The van der Waals surface area contributed by atoms with Crippen LogP contribution in [0.25, 0.3) is 0 Å². The van der Waals surface area contributed by atoms with Crippen LogP contribution in [0.3, 0.4) is 0 Å². The van der Waals surface area contributed by atoms with Crippen molar-refractivity contribution in [3.05, 3.63) is 81.3 Å². The van der Waals surface area contributed by atoms with Gasteiger partial charge in [-0.05, 0) is 67.5 Å². The maximum absolute atomic E-state index is 12.7. The van der Waals surface area contributed by atoms with Crippen LogP contribution in [0, 0.1) is 10.1 Å². The second kappa shape index (κ2) is 10.5. The summed E-state index contributed by atoms with van der Waals surface area (Å²) in [6.07, 6.45) is 3.33. The van der Waals surface area contributed by atoms with Gasteiger partial charge in [-0.25, -0.2) is 0 Å². The number of hydrogen-bond acceptors (Lipinski definition) is 7. The first-order chi connectivity index (χ1) is 16.8. The fraction of sp³-hybridized carbons (Fsp3) is 0.174. The maximum atomic E-state index is 12.7. The van der Waals surface area contributed by atoms with Crippen LogP contribution in [0.15, 0.2) is 59.2 Å². The Labute approximate surface area is 210 Å². The summed E-state index contributed by atoms with van der Waals surface area (Å²) in [5.74, 6) is -0.905. The number of furan rings is 1. The van der Waals surface area contributed by atoms with Crippen molar-refractivity contribution in [2.24, 2.45) is 0 Å². The van der Waals surface area contributed by atoms with Crippen molar-refractivity contribution >= 4 is 63.5 Å². The van der Waals surface area contributed by atoms with Crippen molar-refractivity contribution in [3.8, 4) is 0 Å². The number of rotatable bonds is 6. The minimum Gasteiger partial charge on any atom is -0.459 e. The number of carbonyl (C=O) groups excluding carboxylic acids is 2. The number of hydrogen-bond donors (Lipinski definition) is 3. The molecule has 35 heavy (non-hydrogen) atoms.